The van der Waals surface area contributed by atoms with Crippen LogP contribution in [0.15, 0.2) is 0 Å². The van der Waals surface area contributed by atoms with Crippen LogP contribution in [0.5, 0.6) is 0 Å². The molecule has 0 heterocycles. The van der Waals surface area contributed by atoms with E-state index < -0.39 is 53.1 Å². The first-order valence-electron chi connectivity index (χ1n) is 5.19. The Morgan fingerprint density at radius 3 is 1.71 bits per heavy atom. The number of hydrogen-bond acceptors (Lipinski definition) is 5. The van der Waals surface area contributed by atoms with Gasteiger partial charge in [0.2, 0.25) is 0 Å². The van der Waals surface area contributed by atoms with Crippen LogP contribution in [-0.4, -0.2) is 48.0 Å². The SMILES string of the molecule is N#CCCN(CCC#N)C(=O)C(F)(C(F)(F)F)S(=O)(=O)O. The predicted octanol–water partition coefficient (Wildman–Crippen LogP) is 0.758. The molecule has 0 radical (unpaired) electrons. The lowest BCUT2D eigenvalue weighted by molar-refractivity contribution is -0.207. The first-order chi connectivity index (χ1) is 9.43. The number of alkyl halides is 4. The van der Waals surface area contributed by atoms with Crippen molar-refractivity contribution in [1.82, 2.24) is 4.90 Å². The second kappa shape index (κ2) is 6.69. The molecule has 0 aliphatic carbocycles. The van der Waals surface area contributed by atoms with Crippen molar-refractivity contribution in [2.24, 2.45) is 0 Å². The zero-order valence-corrected chi connectivity index (χ0v) is 11.1. The summed E-state index contributed by atoms with van der Waals surface area (Å²) in [5.41, 5.74) is 0. The lowest BCUT2D eigenvalue weighted by Gasteiger charge is -2.29. The summed E-state index contributed by atoms with van der Waals surface area (Å²) in [4.78, 5) is 11.6. The molecule has 1 unspecified atom stereocenters. The van der Waals surface area contributed by atoms with Crippen molar-refractivity contribution in [3.8, 4) is 12.1 Å². The molecule has 0 aromatic rings. The number of hydrogen-bond donors (Lipinski definition) is 1. The van der Waals surface area contributed by atoms with Crippen molar-refractivity contribution >= 4 is 16.0 Å². The van der Waals surface area contributed by atoms with E-state index in [4.69, 9.17) is 15.1 Å². The molecule has 118 valence electrons. The molecule has 7 nitrogen and oxygen atoms in total. The van der Waals surface area contributed by atoms with Crippen LogP contribution in [0.4, 0.5) is 17.6 Å². The fourth-order valence-corrected chi connectivity index (χ4v) is 1.91. The van der Waals surface area contributed by atoms with Gasteiger partial charge < -0.3 is 4.90 Å². The number of carbonyl (C=O) groups is 1. The summed E-state index contributed by atoms with van der Waals surface area (Å²) < 4.78 is 81.3. The van der Waals surface area contributed by atoms with Crippen molar-refractivity contribution in [2.45, 2.75) is 24.0 Å². The number of carbonyl (C=O) groups excluding carboxylic acids is 1. The molecule has 1 atom stereocenters. The summed E-state index contributed by atoms with van der Waals surface area (Å²) >= 11 is 0. The van der Waals surface area contributed by atoms with Gasteiger partial charge in [-0.15, -0.1) is 0 Å². The minimum Gasteiger partial charge on any atom is -0.336 e. The largest absolute Gasteiger partial charge is 0.449 e. The van der Waals surface area contributed by atoms with E-state index in [2.05, 4.69) is 0 Å². The van der Waals surface area contributed by atoms with E-state index in [9.17, 15) is 30.8 Å². The highest BCUT2D eigenvalue weighted by atomic mass is 32.2. The molecule has 12 heteroatoms. The van der Waals surface area contributed by atoms with Gasteiger partial charge >= 0.3 is 21.3 Å². The Bertz CT molecular complexity index is 559. The van der Waals surface area contributed by atoms with Crippen LogP contribution in [0.1, 0.15) is 12.8 Å². The first kappa shape index (κ1) is 19.1. The molecule has 0 bridgehead atoms. The van der Waals surface area contributed by atoms with E-state index in [1.54, 1.807) is 0 Å². The molecule has 0 rings (SSSR count). The summed E-state index contributed by atoms with van der Waals surface area (Å²) in [6.45, 7) is -1.46. The Balaban J connectivity index is 5.74. The third kappa shape index (κ3) is 4.03. The standard InChI is InChI=1S/C9H9F4N3O4S/c10-8(9(11,12)13,21(18,19)20)7(17)16(5-1-3-14)6-2-4-15/h1-2,5-6H2,(H,18,19,20). The molecule has 1 amide bonds. The van der Waals surface area contributed by atoms with E-state index in [1.807, 2.05) is 0 Å². The Morgan fingerprint density at radius 1 is 1.10 bits per heavy atom. The van der Waals surface area contributed by atoms with Crippen molar-refractivity contribution in [2.75, 3.05) is 13.1 Å². The smallest absolute Gasteiger partial charge is 0.336 e. The molecule has 21 heavy (non-hydrogen) atoms. The minimum atomic E-state index is -6.47. The lowest BCUT2D eigenvalue weighted by Crippen LogP contribution is -2.59. The van der Waals surface area contributed by atoms with E-state index in [-0.39, 0.29) is 4.90 Å². The number of nitrogens with zero attached hydrogens (tertiary/aromatic N) is 3. The third-order valence-corrected chi connectivity index (χ3v) is 3.39. The average molecular weight is 331 g/mol. The van der Waals surface area contributed by atoms with Crippen LogP contribution >= 0.6 is 0 Å². The maximum absolute atomic E-state index is 13.8. The van der Waals surface area contributed by atoms with Crippen LogP contribution in [0.25, 0.3) is 0 Å². The third-order valence-electron chi connectivity index (χ3n) is 2.27. The summed E-state index contributed by atoms with van der Waals surface area (Å²) in [5, 5.41) is 11.1. The maximum atomic E-state index is 13.8. The van der Waals surface area contributed by atoms with Gasteiger partial charge in [0.25, 0.3) is 5.91 Å². The van der Waals surface area contributed by atoms with Gasteiger partial charge in [-0.05, 0) is 0 Å². The highest BCUT2D eigenvalue weighted by Crippen LogP contribution is 2.39. The van der Waals surface area contributed by atoms with E-state index in [1.165, 1.54) is 12.1 Å². The number of rotatable bonds is 6. The van der Waals surface area contributed by atoms with Gasteiger partial charge in [-0.25, -0.2) is 4.39 Å². The van der Waals surface area contributed by atoms with Gasteiger partial charge in [0.15, 0.2) is 0 Å². The van der Waals surface area contributed by atoms with E-state index >= 15 is 0 Å². The van der Waals surface area contributed by atoms with Gasteiger partial charge in [-0.1, -0.05) is 0 Å². The molecule has 0 saturated heterocycles. The van der Waals surface area contributed by atoms with Crippen molar-refractivity contribution in [1.29, 1.82) is 10.5 Å². The molecular weight excluding hydrogens is 322 g/mol. The zero-order chi connectivity index (χ0) is 16.9. The van der Waals surface area contributed by atoms with E-state index in [0.29, 0.717) is 0 Å². The highest BCUT2D eigenvalue weighted by Gasteiger charge is 2.72. The Morgan fingerprint density at radius 2 is 1.48 bits per heavy atom. The topological polar surface area (TPSA) is 122 Å². The van der Waals surface area contributed by atoms with E-state index in [0.717, 1.165) is 0 Å². The summed E-state index contributed by atoms with van der Waals surface area (Å²) in [7, 11) is -6.47. The van der Waals surface area contributed by atoms with Crippen molar-refractivity contribution in [3.63, 3.8) is 0 Å². The summed E-state index contributed by atoms with van der Waals surface area (Å²) in [6, 6.07) is 2.93. The van der Waals surface area contributed by atoms with Gasteiger partial charge in [0.05, 0.1) is 25.0 Å². The molecule has 1 N–H and O–H groups in total. The van der Waals surface area contributed by atoms with Crippen molar-refractivity contribution in [3.05, 3.63) is 0 Å². The molecule has 0 spiro atoms. The summed E-state index contributed by atoms with van der Waals surface area (Å²) in [5.74, 6) is -2.59. The van der Waals surface area contributed by atoms with Gasteiger partial charge in [-0.3, -0.25) is 9.35 Å². The first-order valence-corrected chi connectivity index (χ1v) is 6.63. The zero-order valence-electron chi connectivity index (χ0n) is 10.3. The molecule has 0 aromatic heterocycles. The van der Waals surface area contributed by atoms with Gasteiger partial charge in [-0.2, -0.15) is 32.1 Å². The van der Waals surface area contributed by atoms with Crippen LogP contribution < -0.4 is 0 Å². The van der Waals surface area contributed by atoms with Crippen LogP contribution in [-0.2, 0) is 14.9 Å². The molecular formula is C9H9F4N3O4S. The van der Waals surface area contributed by atoms with Crippen LogP contribution in [0.2, 0.25) is 0 Å². The van der Waals surface area contributed by atoms with Gasteiger partial charge in [0.1, 0.15) is 0 Å². The minimum absolute atomic E-state index is 0.0493. The Hall–Kier alpha value is -1.92. The van der Waals surface area contributed by atoms with Crippen LogP contribution in [0, 0.1) is 22.7 Å². The van der Waals surface area contributed by atoms with Crippen molar-refractivity contribution < 1.29 is 35.3 Å². The van der Waals surface area contributed by atoms with Crippen LogP contribution in [0.3, 0.4) is 0 Å². The number of halogens is 4. The second-order valence-electron chi connectivity index (χ2n) is 3.68. The Kier molecular flexibility index (Phi) is 6.08. The normalized spacial score (nSPS) is 14.6. The second-order valence-corrected chi connectivity index (χ2v) is 5.19. The number of amides is 1. The summed E-state index contributed by atoms with van der Waals surface area (Å²) in [6.07, 6.45) is -7.26. The fraction of sp³-hybridized carbons (Fsp3) is 0.667. The molecule has 0 aliphatic heterocycles. The molecule has 0 aliphatic rings. The fourth-order valence-electron chi connectivity index (χ4n) is 1.27. The molecule has 0 aromatic carbocycles. The average Bonchev–Trinajstić information content (AvgIpc) is 2.34. The molecule has 0 fully saturated rings. The number of nitriles is 2. The van der Waals surface area contributed by atoms with Gasteiger partial charge in [0, 0.05) is 13.1 Å². The monoisotopic (exact) mass is 331 g/mol. The predicted molar refractivity (Wildman–Crippen MR) is 58.5 cm³/mol. The highest BCUT2D eigenvalue weighted by molar-refractivity contribution is 7.88. The molecule has 0 saturated carbocycles. The Labute approximate surface area is 117 Å². The lowest BCUT2D eigenvalue weighted by atomic mass is 10.2. The maximum Gasteiger partial charge on any atom is 0.449 e. The quantitative estimate of drug-likeness (QED) is 0.566.